The van der Waals surface area contributed by atoms with Crippen molar-refractivity contribution in [3.63, 3.8) is 0 Å². The summed E-state index contributed by atoms with van der Waals surface area (Å²) < 4.78 is 45.1. The summed E-state index contributed by atoms with van der Waals surface area (Å²) in [6.45, 7) is 4.90. The zero-order chi connectivity index (χ0) is 25.5. The highest BCUT2D eigenvalue weighted by atomic mass is 19.4. The molecule has 1 aliphatic rings. The van der Waals surface area contributed by atoms with E-state index in [0.717, 1.165) is 18.7 Å². The van der Waals surface area contributed by atoms with Gasteiger partial charge in [0.15, 0.2) is 0 Å². The molecule has 2 aromatic carbocycles. The monoisotopic (exact) mass is 485 g/mol. The number of benzene rings is 2. The van der Waals surface area contributed by atoms with Crippen LogP contribution in [0.1, 0.15) is 22.8 Å². The van der Waals surface area contributed by atoms with Crippen LogP contribution in [0.25, 0.3) is 0 Å². The zero-order valence-corrected chi connectivity index (χ0v) is 18.1. The van der Waals surface area contributed by atoms with Gasteiger partial charge >= 0.3 is 18.1 Å². The summed E-state index contributed by atoms with van der Waals surface area (Å²) in [6, 6.07) is 11.5. The predicted molar refractivity (Wildman–Crippen MR) is 115 cm³/mol. The molecule has 1 saturated heterocycles. The van der Waals surface area contributed by atoms with E-state index in [-0.39, 0.29) is 17.3 Å². The van der Waals surface area contributed by atoms with Crippen LogP contribution in [0, 0.1) is 5.82 Å². The van der Waals surface area contributed by atoms with Gasteiger partial charge in [0.25, 0.3) is 0 Å². The lowest BCUT2D eigenvalue weighted by molar-refractivity contribution is -0.192. The van der Waals surface area contributed by atoms with Crippen LogP contribution in [0.4, 0.5) is 28.9 Å². The molecule has 34 heavy (non-hydrogen) atoms. The minimum absolute atomic E-state index is 0.167. The van der Waals surface area contributed by atoms with Crippen LogP contribution in [0.2, 0.25) is 0 Å². The fourth-order valence-corrected chi connectivity index (χ4v) is 3.30. The smallest absolute Gasteiger partial charge is 0.478 e. The normalized spacial score (nSPS) is 14.1. The van der Waals surface area contributed by atoms with Crippen LogP contribution in [0.3, 0.4) is 0 Å². The molecule has 1 fully saturated rings. The van der Waals surface area contributed by atoms with Crippen molar-refractivity contribution in [2.75, 3.05) is 36.4 Å². The van der Waals surface area contributed by atoms with E-state index in [1.165, 1.54) is 25.1 Å². The maximum Gasteiger partial charge on any atom is 0.490 e. The van der Waals surface area contributed by atoms with Gasteiger partial charge < -0.3 is 20.4 Å². The van der Waals surface area contributed by atoms with E-state index in [9.17, 15) is 32.3 Å². The second-order valence-corrected chi connectivity index (χ2v) is 7.41. The molecule has 1 amide bonds. The van der Waals surface area contributed by atoms with Gasteiger partial charge in [0.05, 0.1) is 11.3 Å². The molecule has 1 heterocycles. The Morgan fingerprint density at radius 3 is 2.12 bits per heavy atom. The molecule has 0 aliphatic carbocycles. The number of amides is 1. The van der Waals surface area contributed by atoms with Gasteiger partial charge in [0, 0.05) is 45.3 Å². The first-order valence-electron chi connectivity index (χ1n) is 10.0. The molecular weight excluding hydrogens is 462 g/mol. The van der Waals surface area contributed by atoms with E-state index in [2.05, 4.69) is 10.2 Å². The van der Waals surface area contributed by atoms with Crippen molar-refractivity contribution in [2.24, 2.45) is 0 Å². The molecule has 0 spiro atoms. The maximum absolute atomic E-state index is 13.3. The highest BCUT2D eigenvalue weighted by Crippen LogP contribution is 2.26. The molecule has 0 aromatic heterocycles. The van der Waals surface area contributed by atoms with Gasteiger partial charge in [-0.25, -0.2) is 14.0 Å². The van der Waals surface area contributed by atoms with Crippen molar-refractivity contribution in [3.8, 4) is 0 Å². The van der Waals surface area contributed by atoms with E-state index in [4.69, 9.17) is 9.90 Å². The van der Waals surface area contributed by atoms with Gasteiger partial charge in [-0.05, 0) is 35.9 Å². The Kier molecular flexibility index (Phi) is 8.96. The summed E-state index contributed by atoms with van der Waals surface area (Å²) in [6.07, 6.45) is -5.08. The molecule has 0 saturated carbocycles. The van der Waals surface area contributed by atoms with Crippen molar-refractivity contribution < 1.29 is 42.2 Å². The number of carboxylic acid groups (broad SMARTS) is 2. The number of rotatable bonds is 5. The van der Waals surface area contributed by atoms with Gasteiger partial charge in [-0.15, -0.1) is 0 Å². The molecule has 3 N–H and O–H groups in total. The fraction of sp³-hybridized carbons (Fsp3) is 0.318. The summed E-state index contributed by atoms with van der Waals surface area (Å²) in [7, 11) is 0. The second-order valence-electron chi connectivity index (χ2n) is 7.41. The van der Waals surface area contributed by atoms with Gasteiger partial charge in [0.2, 0.25) is 5.91 Å². The first-order valence-corrected chi connectivity index (χ1v) is 10.0. The van der Waals surface area contributed by atoms with Crippen molar-refractivity contribution >= 4 is 29.2 Å². The quantitative estimate of drug-likeness (QED) is 0.557. The van der Waals surface area contributed by atoms with E-state index < -0.39 is 18.1 Å². The van der Waals surface area contributed by atoms with Crippen molar-refractivity contribution in [2.45, 2.75) is 19.6 Å². The second kappa shape index (κ2) is 11.5. The Balaban J connectivity index is 0.000000509. The first kappa shape index (κ1) is 26.6. The van der Waals surface area contributed by atoms with Gasteiger partial charge in [0.1, 0.15) is 5.82 Å². The lowest BCUT2D eigenvalue weighted by atomic mass is 10.1. The lowest BCUT2D eigenvalue weighted by Crippen LogP contribution is -2.46. The summed E-state index contributed by atoms with van der Waals surface area (Å²) in [4.78, 5) is 36.0. The zero-order valence-electron chi connectivity index (χ0n) is 18.1. The molecule has 0 unspecified atom stereocenters. The standard InChI is InChI=1S/C20H22FN3O3.C2HF3O2/c1-14(25)22-17-5-6-19(18(12-17)20(26)27)24-9-7-23(8-10-24)13-15-3-2-4-16(21)11-15;3-2(4,5)1(6)7/h2-6,11-12H,7-10,13H2,1H3,(H,22,25)(H,26,27);(H,6,7). The molecule has 3 rings (SSSR count). The summed E-state index contributed by atoms with van der Waals surface area (Å²) >= 11 is 0. The number of halogens is 4. The van der Waals surface area contributed by atoms with Crippen LogP contribution in [-0.4, -0.2) is 65.3 Å². The van der Waals surface area contributed by atoms with Crippen molar-refractivity contribution in [3.05, 3.63) is 59.4 Å². The van der Waals surface area contributed by atoms with Crippen LogP contribution in [0.15, 0.2) is 42.5 Å². The number of carbonyl (C=O) groups excluding carboxylic acids is 1. The average Bonchev–Trinajstić information content (AvgIpc) is 2.74. The summed E-state index contributed by atoms with van der Waals surface area (Å²) in [5, 5.41) is 19.3. The molecule has 12 heteroatoms. The Bertz CT molecular complexity index is 1040. The first-order chi connectivity index (χ1) is 15.9. The van der Waals surface area contributed by atoms with Crippen LogP contribution in [0.5, 0.6) is 0 Å². The van der Waals surface area contributed by atoms with Gasteiger partial charge in [-0.2, -0.15) is 13.2 Å². The SMILES string of the molecule is CC(=O)Nc1ccc(N2CCN(Cc3cccc(F)c3)CC2)c(C(=O)O)c1.O=C(O)C(F)(F)F. The third-order valence-electron chi connectivity index (χ3n) is 4.80. The largest absolute Gasteiger partial charge is 0.490 e. The molecule has 0 atom stereocenters. The van der Waals surface area contributed by atoms with Crippen LogP contribution in [-0.2, 0) is 16.1 Å². The van der Waals surface area contributed by atoms with Gasteiger partial charge in [-0.1, -0.05) is 12.1 Å². The molecule has 0 radical (unpaired) electrons. The summed E-state index contributed by atoms with van der Waals surface area (Å²) in [5.41, 5.74) is 2.20. The molecule has 1 aliphatic heterocycles. The molecule has 0 bridgehead atoms. The van der Waals surface area contributed by atoms with E-state index in [1.54, 1.807) is 18.2 Å². The Morgan fingerprint density at radius 2 is 1.62 bits per heavy atom. The number of hydrogen-bond acceptors (Lipinski definition) is 5. The van der Waals surface area contributed by atoms with E-state index in [0.29, 0.717) is 31.0 Å². The number of nitrogens with zero attached hydrogens (tertiary/aromatic N) is 2. The van der Waals surface area contributed by atoms with Gasteiger partial charge in [-0.3, -0.25) is 9.69 Å². The lowest BCUT2D eigenvalue weighted by Gasteiger charge is -2.36. The van der Waals surface area contributed by atoms with Crippen molar-refractivity contribution in [1.82, 2.24) is 4.90 Å². The maximum atomic E-state index is 13.3. The van der Waals surface area contributed by atoms with Crippen LogP contribution < -0.4 is 10.2 Å². The number of alkyl halides is 3. The highest BCUT2D eigenvalue weighted by Gasteiger charge is 2.38. The number of nitrogens with one attached hydrogen (secondary N) is 1. The number of piperazine rings is 1. The Hall–Kier alpha value is -3.67. The number of carboxylic acids is 2. The number of anilines is 2. The number of aliphatic carboxylic acids is 1. The Morgan fingerprint density at radius 1 is 1.00 bits per heavy atom. The number of carbonyl (C=O) groups is 3. The average molecular weight is 485 g/mol. The highest BCUT2D eigenvalue weighted by molar-refractivity contribution is 5.97. The fourth-order valence-electron chi connectivity index (χ4n) is 3.30. The topological polar surface area (TPSA) is 110 Å². The predicted octanol–water partition coefficient (Wildman–Crippen LogP) is 3.44. The van der Waals surface area contributed by atoms with Crippen LogP contribution >= 0.6 is 0 Å². The minimum Gasteiger partial charge on any atom is -0.478 e. The molecule has 2 aromatic rings. The molecule has 8 nitrogen and oxygen atoms in total. The number of hydrogen-bond donors (Lipinski definition) is 3. The van der Waals surface area contributed by atoms with E-state index >= 15 is 0 Å². The Labute approximate surface area is 192 Å². The van der Waals surface area contributed by atoms with Crippen molar-refractivity contribution in [1.29, 1.82) is 0 Å². The van der Waals surface area contributed by atoms with E-state index in [1.807, 2.05) is 11.0 Å². The third kappa shape index (κ3) is 8.03. The molecular formula is C22H23F4N3O5. The number of aromatic carboxylic acids is 1. The summed E-state index contributed by atoms with van der Waals surface area (Å²) in [5.74, 6) is -4.27. The molecule has 184 valence electrons. The minimum atomic E-state index is -5.08. The third-order valence-corrected chi connectivity index (χ3v) is 4.80.